The lowest BCUT2D eigenvalue weighted by Crippen LogP contribution is -2.03. The summed E-state index contributed by atoms with van der Waals surface area (Å²) in [6, 6.07) is 3.15. The molecular formula is C16H22IN3O4S2. The fourth-order valence-corrected chi connectivity index (χ4v) is 3.80. The monoisotopic (exact) mass is 511 g/mol. The van der Waals surface area contributed by atoms with Crippen molar-refractivity contribution in [2.75, 3.05) is 18.2 Å². The van der Waals surface area contributed by atoms with Crippen LogP contribution in [0, 0.1) is 3.57 Å². The number of sulfone groups is 2. The Morgan fingerprint density at radius 2 is 1.31 bits per heavy atom. The van der Waals surface area contributed by atoms with Crippen molar-refractivity contribution >= 4 is 48.0 Å². The first-order valence-corrected chi connectivity index (χ1v) is 12.5. The number of nitrogens with two attached hydrogens (primary N) is 1. The number of aryl methyl sites for hydroxylation is 2. The van der Waals surface area contributed by atoms with E-state index in [1.165, 1.54) is 18.5 Å². The molecule has 0 aliphatic carbocycles. The Hall–Kier alpha value is -1.27. The van der Waals surface area contributed by atoms with E-state index >= 15 is 0 Å². The van der Waals surface area contributed by atoms with Crippen LogP contribution in [0.3, 0.4) is 0 Å². The molecule has 2 aromatic rings. The van der Waals surface area contributed by atoms with Gasteiger partial charge in [-0.2, -0.15) is 0 Å². The fourth-order valence-electron chi connectivity index (χ4n) is 1.93. The fraction of sp³-hybridized carbons (Fsp3) is 0.375. The molecule has 144 valence electrons. The summed E-state index contributed by atoms with van der Waals surface area (Å²) >= 11 is 2.15. The number of rotatable bonds is 4. The first kappa shape index (κ1) is 22.8. The molecule has 0 amide bonds. The molecule has 2 rings (SSSR count). The van der Waals surface area contributed by atoms with E-state index < -0.39 is 19.7 Å². The highest BCUT2D eigenvalue weighted by Gasteiger charge is 2.11. The lowest BCUT2D eigenvalue weighted by Gasteiger charge is -2.03. The molecule has 0 radical (unpaired) electrons. The molecule has 0 fully saturated rings. The van der Waals surface area contributed by atoms with Crippen molar-refractivity contribution in [3.05, 3.63) is 39.2 Å². The number of aromatic nitrogens is 2. The van der Waals surface area contributed by atoms with Gasteiger partial charge >= 0.3 is 0 Å². The van der Waals surface area contributed by atoms with E-state index in [2.05, 4.69) is 32.6 Å². The Balaban J connectivity index is 0.000000260. The SMILES string of the molecule is CCc1cc(S(C)(=O)=O)ncc1I.CCc1cc(S(C)(=O)=O)ncc1N. The van der Waals surface area contributed by atoms with Crippen molar-refractivity contribution in [1.82, 2.24) is 9.97 Å². The van der Waals surface area contributed by atoms with Crippen molar-refractivity contribution in [3.63, 3.8) is 0 Å². The third-order valence-corrected chi connectivity index (χ3v) is 6.37. The van der Waals surface area contributed by atoms with Gasteiger partial charge in [0.15, 0.2) is 29.7 Å². The highest BCUT2D eigenvalue weighted by atomic mass is 127. The number of halogens is 1. The highest BCUT2D eigenvalue weighted by Crippen LogP contribution is 2.16. The minimum Gasteiger partial charge on any atom is -0.397 e. The van der Waals surface area contributed by atoms with Crippen LogP contribution in [0.1, 0.15) is 25.0 Å². The van der Waals surface area contributed by atoms with Gasteiger partial charge in [-0.3, -0.25) is 0 Å². The number of pyridine rings is 2. The maximum atomic E-state index is 11.1. The molecule has 0 atom stereocenters. The third kappa shape index (κ3) is 6.47. The number of anilines is 1. The van der Waals surface area contributed by atoms with Gasteiger partial charge in [-0.15, -0.1) is 0 Å². The van der Waals surface area contributed by atoms with Crippen LogP contribution in [0.15, 0.2) is 34.6 Å². The topological polar surface area (TPSA) is 120 Å². The molecule has 26 heavy (non-hydrogen) atoms. The van der Waals surface area contributed by atoms with Crippen LogP contribution in [0.5, 0.6) is 0 Å². The van der Waals surface area contributed by atoms with E-state index in [1.807, 2.05) is 13.8 Å². The van der Waals surface area contributed by atoms with Gasteiger partial charge in [0.2, 0.25) is 0 Å². The smallest absolute Gasteiger partial charge is 0.192 e. The molecule has 2 heterocycles. The zero-order valence-corrected chi connectivity index (χ0v) is 18.8. The summed E-state index contributed by atoms with van der Waals surface area (Å²) in [5.74, 6) is 0. The molecule has 0 aliphatic heterocycles. The summed E-state index contributed by atoms with van der Waals surface area (Å²) in [4.78, 5) is 7.61. The number of hydrogen-bond acceptors (Lipinski definition) is 7. The van der Waals surface area contributed by atoms with Crippen LogP contribution in [-0.2, 0) is 32.5 Å². The van der Waals surface area contributed by atoms with E-state index in [9.17, 15) is 16.8 Å². The van der Waals surface area contributed by atoms with E-state index in [4.69, 9.17) is 5.73 Å². The molecule has 0 spiro atoms. The summed E-state index contributed by atoms with van der Waals surface area (Å²) in [7, 11) is -6.39. The van der Waals surface area contributed by atoms with E-state index in [1.54, 1.807) is 12.3 Å². The first-order valence-electron chi connectivity index (χ1n) is 7.69. The van der Waals surface area contributed by atoms with E-state index in [-0.39, 0.29) is 10.1 Å². The Kier molecular flexibility index (Phi) is 7.96. The van der Waals surface area contributed by atoms with Gasteiger partial charge < -0.3 is 5.73 Å². The third-order valence-electron chi connectivity index (χ3n) is 3.43. The summed E-state index contributed by atoms with van der Waals surface area (Å²) in [5.41, 5.74) is 7.96. The normalized spacial score (nSPS) is 11.6. The van der Waals surface area contributed by atoms with Crippen molar-refractivity contribution in [2.24, 2.45) is 0 Å². The molecule has 0 aliphatic rings. The van der Waals surface area contributed by atoms with Crippen molar-refractivity contribution in [3.8, 4) is 0 Å². The van der Waals surface area contributed by atoms with Gasteiger partial charge in [-0.05, 0) is 58.7 Å². The number of hydrogen-bond donors (Lipinski definition) is 1. The van der Waals surface area contributed by atoms with Crippen LogP contribution >= 0.6 is 22.6 Å². The van der Waals surface area contributed by atoms with E-state index in [0.29, 0.717) is 12.1 Å². The zero-order valence-electron chi connectivity index (χ0n) is 15.0. The standard InChI is InChI=1S/C8H10INO2S.C8H12N2O2S/c2*1-3-6-4-8(13(2,11)12)10-5-7(6)9/h4-5H,3H2,1-2H3;4-5H,3,9H2,1-2H3. The van der Waals surface area contributed by atoms with Gasteiger partial charge in [0, 0.05) is 22.3 Å². The molecule has 2 aromatic heterocycles. The molecule has 0 saturated carbocycles. The summed E-state index contributed by atoms with van der Waals surface area (Å²) in [6.07, 6.45) is 6.80. The molecular weight excluding hydrogens is 489 g/mol. The average molecular weight is 511 g/mol. The Bertz CT molecular complexity index is 909. The summed E-state index contributed by atoms with van der Waals surface area (Å²) < 4.78 is 45.5. The first-order chi connectivity index (χ1) is 11.9. The quantitative estimate of drug-likeness (QED) is 0.626. The lowest BCUT2D eigenvalue weighted by molar-refractivity contribution is 0.596. The molecule has 0 bridgehead atoms. The summed E-state index contributed by atoms with van der Waals surface area (Å²) in [6.45, 7) is 3.90. The minimum absolute atomic E-state index is 0.0820. The van der Waals surface area contributed by atoms with E-state index in [0.717, 1.165) is 27.4 Å². The van der Waals surface area contributed by atoms with Crippen molar-refractivity contribution < 1.29 is 16.8 Å². The van der Waals surface area contributed by atoms with Gasteiger partial charge in [0.25, 0.3) is 0 Å². The van der Waals surface area contributed by atoms with Crippen molar-refractivity contribution in [1.29, 1.82) is 0 Å². The zero-order chi connectivity index (χ0) is 20.1. The van der Waals surface area contributed by atoms with Crippen LogP contribution < -0.4 is 5.73 Å². The van der Waals surface area contributed by atoms with Gasteiger partial charge in [0.05, 0.1) is 11.9 Å². The predicted octanol–water partition coefficient (Wildman–Crippen LogP) is 2.28. The maximum absolute atomic E-state index is 11.1. The number of nitrogen functional groups attached to an aromatic ring is 1. The second-order valence-corrected chi connectivity index (χ2v) is 10.7. The maximum Gasteiger partial charge on any atom is 0.192 e. The average Bonchev–Trinajstić information content (AvgIpc) is 2.54. The second kappa shape index (κ2) is 9.09. The second-order valence-electron chi connectivity index (χ2n) is 5.59. The number of nitrogens with zero attached hydrogens (tertiary/aromatic N) is 2. The highest BCUT2D eigenvalue weighted by molar-refractivity contribution is 14.1. The molecule has 7 nitrogen and oxygen atoms in total. The molecule has 0 unspecified atom stereocenters. The minimum atomic E-state index is -3.22. The molecule has 0 aromatic carbocycles. The van der Waals surface area contributed by atoms with Gasteiger partial charge in [-0.25, -0.2) is 26.8 Å². The lowest BCUT2D eigenvalue weighted by atomic mass is 10.2. The van der Waals surface area contributed by atoms with Gasteiger partial charge in [-0.1, -0.05) is 13.8 Å². The van der Waals surface area contributed by atoms with Crippen molar-refractivity contribution in [2.45, 2.75) is 36.7 Å². The Morgan fingerprint density at radius 3 is 1.73 bits per heavy atom. The van der Waals surface area contributed by atoms with Crippen LogP contribution in [0.4, 0.5) is 5.69 Å². The Labute approximate surface area is 168 Å². The summed E-state index contributed by atoms with van der Waals surface area (Å²) in [5, 5.41) is 0.239. The molecule has 0 saturated heterocycles. The van der Waals surface area contributed by atoms with Gasteiger partial charge in [0.1, 0.15) is 0 Å². The molecule has 10 heteroatoms. The van der Waals surface area contributed by atoms with Crippen LogP contribution in [0.2, 0.25) is 0 Å². The van der Waals surface area contributed by atoms with Crippen LogP contribution in [-0.4, -0.2) is 39.3 Å². The predicted molar refractivity (Wildman–Crippen MR) is 111 cm³/mol. The van der Waals surface area contributed by atoms with Crippen LogP contribution in [0.25, 0.3) is 0 Å². The Morgan fingerprint density at radius 1 is 0.885 bits per heavy atom. The molecule has 2 N–H and O–H groups in total. The largest absolute Gasteiger partial charge is 0.397 e.